The van der Waals surface area contributed by atoms with E-state index in [0.29, 0.717) is 0 Å². The van der Waals surface area contributed by atoms with Crippen LogP contribution in [-0.4, -0.2) is 22.2 Å². The zero-order chi connectivity index (χ0) is 10.9. The minimum atomic E-state index is -1.03. The Hall–Kier alpha value is -1.32. The summed E-state index contributed by atoms with van der Waals surface area (Å²) in [5.41, 5.74) is 0. The number of rotatable bonds is 2. The van der Waals surface area contributed by atoms with Crippen molar-refractivity contribution in [3.05, 3.63) is 12.2 Å². The highest BCUT2D eigenvalue weighted by atomic mass is 16.4. The van der Waals surface area contributed by atoms with Crippen LogP contribution in [0.25, 0.3) is 0 Å². The number of aliphatic carboxylic acids is 2. The molecule has 0 radical (unpaired) electrons. The first-order valence-electron chi connectivity index (χ1n) is 4.59. The lowest BCUT2D eigenvalue weighted by atomic mass is 9.72. The number of carbonyl (C=O) groups is 2. The van der Waals surface area contributed by atoms with Crippen molar-refractivity contribution in [2.24, 2.45) is 23.7 Å². The predicted octanol–water partition coefficient (Wildman–Crippen LogP) is 1.23. The van der Waals surface area contributed by atoms with Gasteiger partial charge in [-0.2, -0.15) is 0 Å². The molecule has 1 aliphatic carbocycles. The van der Waals surface area contributed by atoms with Crippen LogP contribution in [0.1, 0.15) is 13.8 Å². The van der Waals surface area contributed by atoms with Gasteiger partial charge in [-0.3, -0.25) is 9.59 Å². The molecule has 0 aromatic heterocycles. The second-order valence-electron chi connectivity index (χ2n) is 3.83. The van der Waals surface area contributed by atoms with Crippen molar-refractivity contribution in [1.29, 1.82) is 0 Å². The quantitative estimate of drug-likeness (QED) is 0.654. The molecule has 78 valence electrons. The molecule has 0 aromatic rings. The van der Waals surface area contributed by atoms with Gasteiger partial charge in [-0.1, -0.05) is 26.0 Å². The van der Waals surface area contributed by atoms with Crippen molar-refractivity contribution in [2.45, 2.75) is 13.8 Å². The molecule has 14 heavy (non-hydrogen) atoms. The standard InChI is InChI=1S/C10H14O4/c1-5-3-4-6(2)8(10(13)14)7(5)9(11)12/h3-8H,1-2H3,(H,11,12)(H,13,14)/t5-,6-,7-,8-/m1/s1. The van der Waals surface area contributed by atoms with E-state index in [1.54, 1.807) is 26.0 Å². The summed E-state index contributed by atoms with van der Waals surface area (Å²) >= 11 is 0. The van der Waals surface area contributed by atoms with E-state index < -0.39 is 23.8 Å². The number of carboxylic acid groups (broad SMARTS) is 2. The summed E-state index contributed by atoms with van der Waals surface area (Å²) in [6, 6.07) is 0. The summed E-state index contributed by atoms with van der Waals surface area (Å²) in [5, 5.41) is 17.9. The average Bonchev–Trinajstić information content (AvgIpc) is 2.07. The molecule has 1 aliphatic rings. The second-order valence-corrected chi connectivity index (χ2v) is 3.83. The van der Waals surface area contributed by atoms with E-state index in [2.05, 4.69) is 0 Å². The zero-order valence-corrected chi connectivity index (χ0v) is 8.18. The third kappa shape index (κ3) is 1.78. The molecular weight excluding hydrogens is 184 g/mol. The monoisotopic (exact) mass is 198 g/mol. The fourth-order valence-electron chi connectivity index (χ4n) is 2.00. The van der Waals surface area contributed by atoms with Crippen LogP contribution in [0.4, 0.5) is 0 Å². The van der Waals surface area contributed by atoms with Crippen LogP contribution in [0.3, 0.4) is 0 Å². The molecule has 0 aliphatic heterocycles. The summed E-state index contributed by atoms with van der Waals surface area (Å²) < 4.78 is 0. The van der Waals surface area contributed by atoms with Crippen molar-refractivity contribution in [3.8, 4) is 0 Å². The Morgan fingerprint density at radius 3 is 1.43 bits per heavy atom. The average molecular weight is 198 g/mol. The fourth-order valence-corrected chi connectivity index (χ4v) is 2.00. The van der Waals surface area contributed by atoms with Crippen LogP contribution in [0.2, 0.25) is 0 Å². The van der Waals surface area contributed by atoms with E-state index >= 15 is 0 Å². The minimum absolute atomic E-state index is 0.218. The van der Waals surface area contributed by atoms with Gasteiger partial charge in [0.05, 0.1) is 11.8 Å². The normalized spacial score (nSPS) is 36.7. The Morgan fingerprint density at radius 2 is 1.21 bits per heavy atom. The molecule has 0 fully saturated rings. The van der Waals surface area contributed by atoms with Crippen molar-refractivity contribution < 1.29 is 19.8 Å². The Kier molecular flexibility index (Phi) is 2.93. The van der Waals surface area contributed by atoms with Crippen LogP contribution >= 0.6 is 0 Å². The van der Waals surface area contributed by atoms with Crippen molar-refractivity contribution >= 4 is 11.9 Å². The lowest BCUT2D eigenvalue weighted by Gasteiger charge is -2.31. The van der Waals surface area contributed by atoms with E-state index in [0.717, 1.165) is 0 Å². The molecule has 0 saturated carbocycles. The van der Waals surface area contributed by atoms with Crippen molar-refractivity contribution in [1.82, 2.24) is 0 Å². The summed E-state index contributed by atoms with van der Waals surface area (Å²) in [6.45, 7) is 3.47. The lowest BCUT2D eigenvalue weighted by molar-refractivity contribution is -0.157. The summed E-state index contributed by atoms with van der Waals surface area (Å²) in [5.74, 6) is -4.11. The first-order chi connectivity index (χ1) is 6.45. The molecule has 0 heterocycles. The zero-order valence-electron chi connectivity index (χ0n) is 8.18. The van der Waals surface area contributed by atoms with Gasteiger partial charge in [0.15, 0.2) is 0 Å². The molecule has 4 heteroatoms. The molecule has 0 amide bonds. The molecule has 4 nitrogen and oxygen atoms in total. The Balaban J connectivity index is 3.02. The van der Waals surface area contributed by atoms with Gasteiger partial charge in [0, 0.05) is 0 Å². The molecule has 0 aromatic carbocycles. The van der Waals surface area contributed by atoms with Gasteiger partial charge in [-0.15, -0.1) is 0 Å². The second kappa shape index (κ2) is 3.82. The molecule has 2 N–H and O–H groups in total. The molecule has 0 unspecified atom stereocenters. The molecule has 0 saturated heterocycles. The van der Waals surface area contributed by atoms with Gasteiger partial charge < -0.3 is 10.2 Å². The fraction of sp³-hybridized carbons (Fsp3) is 0.600. The highest BCUT2D eigenvalue weighted by Gasteiger charge is 2.41. The third-order valence-electron chi connectivity index (χ3n) is 2.81. The highest BCUT2D eigenvalue weighted by molar-refractivity contribution is 5.81. The predicted molar refractivity (Wildman–Crippen MR) is 49.7 cm³/mol. The molecular formula is C10H14O4. The van der Waals surface area contributed by atoms with Gasteiger partial charge in [0.25, 0.3) is 0 Å². The number of hydrogen-bond donors (Lipinski definition) is 2. The van der Waals surface area contributed by atoms with E-state index in [-0.39, 0.29) is 11.8 Å². The number of hydrogen-bond acceptors (Lipinski definition) is 2. The third-order valence-corrected chi connectivity index (χ3v) is 2.81. The molecule has 1 rings (SSSR count). The first-order valence-corrected chi connectivity index (χ1v) is 4.59. The Morgan fingerprint density at radius 1 is 0.929 bits per heavy atom. The van der Waals surface area contributed by atoms with Gasteiger partial charge in [-0.25, -0.2) is 0 Å². The lowest BCUT2D eigenvalue weighted by Crippen LogP contribution is -2.39. The van der Waals surface area contributed by atoms with E-state index in [9.17, 15) is 9.59 Å². The SMILES string of the molecule is C[C@@H]1C=C[C@@H](C)[C@@H](C(=O)O)[C@@H]1C(=O)O. The molecule has 0 bridgehead atoms. The smallest absolute Gasteiger partial charge is 0.307 e. The van der Waals surface area contributed by atoms with Crippen LogP contribution in [-0.2, 0) is 9.59 Å². The van der Waals surface area contributed by atoms with Gasteiger partial charge in [0.2, 0.25) is 0 Å². The topological polar surface area (TPSA) is 74.6 Å². The number of allylic oxidation sites excluding steroid dienone is 2. The van der Waals surface area contributed by atoms with Crippen molar-refractivity contribution in [3.63, 3.8) is 0 Å². The Bertz CT molecular complexity index is 254. The van der Waals surface area contributed by atoms with Gasteiger partial charge in [-0.05, 0) is 11.8 Å². The van der Waals surface area contributed by atoms with E-state index in [1.165, 1.54) is 0 Å². The first kappa shape index (κ1) is 10.8. The maximum Gasteiger partial charge on any atom is 0.307 e. The maximum absolute atomic E-state index is 10.9. The summed E-state index contributed by atoms with van der Waals surface area (Å²) in [6.07, 6.45) is 3.56. The summed E-state index contributed by atoms with van der Waals surface area (Å²) in [7, 11) is 0. The van der Waals surface area contributed by atoms with Crippen LogP contribution < -0.4 is 0 Å². The molecule has 0 spiro atoms. The highest BCUT2D eigenvalue weighted by Crippen LogP contribution is 2.34. The van der Waals surface area contributed by atoms with Crippen LogP contribution in [0.5, 0.6) is 0 Å². The summed E-state index contributed by atoms with van der Waals surface area (Å²) in [4.78, 5) is 21.9. The van der Waals surface area contributed by atoms with Crippen molar-refractivity contribution in [2.75, 3.05) is 0 Å². The van der Waals surface area contributed by atoms with E-state index in [1.807, 2.05) is 0 Å². The van der Waals surface area contributed by atoms with Gasteiger partial charge in [0.1, 0.15) is 0 Å². The maximum atomic E-state index is 10.9. The molecule has 4 atom stereocenters. The Labute approximate surface area is 82.2 Å². The van der Waals surface area contributed by atoms with Crippen LogP contribution in [0.15, 0.2) is 12.2 Å². The number of carboxylic acids is 2. The van der Waals surface area contributed by atoms with E-state index in [4.69, 9.17) is 10.2 Å². The van der Waals surface area contributed by atoms with Gasteiger partial charge >= 0.3 is 11.9 Å². The van der Waals surface area contributed by atoms with Crippen LogP contribution in [0, 0.1) is 23.7 Å². The largest absolute Gasteiger partial charge is 0.481 e. The minimum Gasteiger partial charge on any atom is -0.481 e.